The first-order chi connectivity index (χ1) is 5.11. The van der Waals surface area contributed by atoms with E-state index in [0.717, 1.165) is 13.0 Å². The van der Waals surface area contributed by atoms with Crippen LogP contribution in [0.3, 0.4) is 0 Å². The number of carbonyl (C=O) groups is 2. The fraction of sp³-hybridized carbons (Fsp3) is 0.714. The number of amides is 1. The zero-order valence-electron chi connectivity index (χ0n) is 6.96. The van der Waals surface area contributed by atoms with Crippen molar-refractivity contribution in [2.24, 2.45) is 5.92 Å². The van der Waals surface area contributed by atoms with Crippen LogP contribution in [0.25, 0.3) is 0 Å². The van der Waals surface area contributed by atoms with Crippen LogP contribution in [-0.4, -0.2) is 37.4 Å². The van der Waals surface area contributed by atoms with Crippen LogP contribution in [0.4, 0.5) is 4.79 Å². The van der Waals surface area contributed by atoms with Crippen LogP contribution < -0.4 is 0 Å². The number of rotatable bonds is 1. The Morgan fingerprint density at radius 3 is 2.45 bits per heavy atom. The Morgan fingerprint density at radius 2 is 2.18 bits per heavy atom. The van der Waals surface area contributed by atoms with Crippen molar-refractivity contribution in [1.29, 1.82) is 0 Å². The molecule has 0 bridgehead atoms. The molecule has 0 aliphatic carbocycles. The van der Waals surface area contributed by atoms with E-state index in [1.807, 2.05) is 0 Å². The summed E-state index contributed by atoms with van der Waals surface area (Å²) in [4.78, 5) is 23.4. The maximum absolute atomic E-state index is 10.9. The van der Waals surface area contributed by atoms with Crippen LogP contribution in [0.15, 0.2) is 0 Å². The number of hydrogen-bond donors (Lipinski definition) is 0. The van der Waals surface area contributed by atoms with E-state index in [1.165, 1.54) is 0 Å². The van der Waals surface area contributed by atoms with Crippen LogP contribution in [0.5, 0.6) is 0 Å². The van der Waals surface area contributed by atoms with Gasteiger partial charge >= 0.3 is 0 Å². The molecule has 1 fully saturated rings. The third-order valence-electron chi connectivity index (χ3n) is 2.21. The van der Waals surface area contributed by atoms with Gasteiger partial charge in [-0.3, -0.25) is 9.59 Å². The minimum absolute atomic E-state index is 0.0775. The fourth-order valence-electron chi connectivity index (χ4n) is 1.38. The van der Waals surface area contributed by atoms with Gasteiger partial charge in [0.2, 0.25) is 7.85 Å². The highest BCUT2D eigenvalue weighted by Gasteiger charge is 2.26. The molecule has 1 aliphatic heterocycles. The summed E-state index contributed by atoms with van der Waals surface area (Å²) in [6.07, 6.45) is 0.842. The largest absolute Gasteiger partial charge is 0.351 e. The van der Waals surface area contributed by atoms with Crippen molar-refractivity contribution in [2.75, 3.05) is 13.1 Å². The molecule has 0 aromatic rings. The summed E-state index contributed by atoms with van der Waals surface area (Å²) in [5.74, 6) is 0.376. The zero-order valence-corrected chi connectivity index (χ0v) is 6.96. The molecule has 1 atom stereocenters. The number of Topliss-reactive ketones (excluding diaryl/α,β-unsaturated/α-hetero) is 1. The van der Waals surface area contributed by atoms with Gasteiger partial charge in [-0.15, -0.1) is 0 Å². The van der Waals surface area contributed by atoms with Gasteiger partial charge in [-0.1, -0.05) is 0 Å². The molecule has 11 heavy (non-hydrogen) atoms. The van der Waals surface area contributed by atoms with Crippen molar-refractivity contribution in [3.05, 3.63) is 0 Å². The minimum Gasteiger partial charge on any atom is -0.351 e. The van der Waals surface area contributed by atoms with E-state index in [9.17, 15) is 9.59 Å². The van der Waals surface area contributed by atoms with Gasteiger partial charge in [-0.2, -0.15) is 0 Å². The molecule has 1 amide bonds. The minimum atomic E-state index is 0.0775. The van der Waals surface area contributed by atoms with Crippen molar-refractivity contribution >= 4 is 19.4 Å². The van der Waals surface area contributed by atoms with Gasteiger partial charge in [-0.05, 0) is 13.3 Å². The van der Waals surface area contributed by atoms with E-state index in [1.54, 1.807) is 19.7 Å². The fourth-order valence-corrected chi connectivity index (χ4v) is 1.38. The molecule has 3 nitrogen and oxygen atoms in total. The summed E-state index contributed by atoms with van der Waals surface area (Å²) in [6.45, 7) is 2.97. The van der Waals surface area contributed by atoms with Gasteiger partial charge in [0.05, 0.1) is 0 Å². The molecule has 0 radical (unpaired) electrons. The summed E-state index contributed by atoms with van der Waals surface area (Å²) in [6, 6.07) is 0. The predicted molar refractivity (Wildman–Crippen MR) is 44.3 cm³/mol. The molecule has 60 valence electrons. The smallest absolute Gasteiger partial charge is 0.215 e. The van der Waals surface area contributed by atoms with E-state index in [2.05, 4.69) is 0 Å². The Labute approximate surface area is 67.2 Å². The van der Waals surface area contributed by atoms with E-state index < -0.39 is 0 Å². The van der Waals surface area contributed by atoms with Crippen LogP contribution in [0, 0.1) is 5.92 Å². The normalized spacial score (nSPS) is 23.7. The molecule has 4 heteroatoms. The molecule has 1 rings (SSSR count). The quantitative estimate of drug-likeness (QED) is 0.483. The number of hydrogen-bond acceptors (Lipinski definition) is 2. The molecule has 1 aliphatic rings. The maximum atomic E-state index is 10.9. The third kappa shape index (κ3) is 1.82. The third-order valence-corrected chi connectivity index (χ3v) is 2.21. The molecular weight excluding hydrogens is 141 g/mol. The van der Waals surface area contributed by atoms with Gasteiger partial charge in [0.15, 0.2) is 5.81 Å². The van der Waals surface area contributed by atoms with Crippen LogP contribution in [0.2, 0.25) is 0 Å². The second kappa shape index (κ2) is 3.07. The summed E-state index contributed by atoms with van der Waals surface area (Å²) in [7, 11) is 1.54. The Kier molecular flexibility index (Phi) is 2.32. The van der Waals surface area contributed by atoms with Gasteiger partial charge in [0, 0.05) is 19.0 Å². The van der Waals surface area contributed by atoms with Crippen molar-refractivity contribution in [2.45, 2.75) is 13.3 Å². The lowest BCUT2D eigenvalue weighted by Crippen LogP contribution is -2.28. The molecule has 1 unspecified atom stereocenters. The zero-order chi connectivity index (χ0) is 8.43. The Hall–Kier alpha value is -0.795. The molecule has 0 aromatic heterocycles. The highest BCUT2D eigenvalue weighted by atomic mass is 16.2. The lowest BCUT2D eigenvalue weighted by molar-refractivity contribution is -0.120. The average Bonchev–Trinajstić information content (AvgIpc) is 2.33. The standard InChI is InChI=1S/C7H12BNO2/c1-5(10)6-2-3-9(4-6)7(8)11/h6H,2-4,8H2,1H3. The lowest BCUT2D eigenvalue weighted by atomic mass is 10.1. The molecular formula is C7H12BNO2. The highest BCUT2D eigenvalue weighted by Crippen LogP contribution is 2.16. The summed E-state index contributed by atoms with van der Waals surface area (Å²) in [5.41, 5.74) is 0. The first kappa shape index (κ1) is 8.30. The molecule has 0 spiro atoms. The molecule has 0 aromatic carbocycles. The number of likely N-dealkylation sites (tertiary alicyclic amines) is 1. The highest BCUT2D eigenvalue weighted by molar-refractivity contribution is 6.56. The van der Waals surface area contributed by atoms with Crippen molar-refractivity contribution in [3.8, 4) is 0 Å². The van der Waals surface area contributed by atoms with Crippen LogP contribution in [-0.2, 0) is 4.79 Å². The van der Waals surface area contributed by atoms with Crippen molar-refractivity contribution < 1.29 is 9.59 Å². The second-order valence-corrected chi connectivity index (χ2v) is 3.06. The van der Waals surface area contributed by atoms with Crippen molar-refractivity contribution in [3.63, 3.8) is 0 Å². The van der Waals surface area contributed by atoms with Gasteiger partial charge in [0.25, 0.3) is 0 Å². The topological polar surface area (TPSA) is 37.4 Å². The first-order valence-electron chi connectivity index (χ1n) is 3.87. The van der Waals surface area contributed by atoms with E-state index in [-0.39, 0.29) is 17.5 Å². The van der Waals surface area contributed by atoms with Gasteiger partial charge in [0.1, 0.15) is 5.78 Å². The molecule has 1 saturated heterocycles. The van der Waals surface area contributed by atoms with Gasteiger partial charge < -0.3 is 4.90 Å². The second-order valence-electron chi connectivity index (χ2n) is 3.06. The van der Waals surface area contributed by atoms with E-state index in [4.69, 9.17) is 0 Å². The van der Waals surface area contributed by atoms with Crippen LogP contribution in [0.1, 0.15) is 13.3 Å². The molecule has 0 saturated carbocycles. The summed E-state index contributed by atoms with van der Waals surface area (Å²) in [5, 5.41) is 0. The number of ketones is 1. The predicted octanol–water partition coefficient (Wildman–Crippen LogP) is -0.350. The lowest BCUT2D eigenvalue weighted by Gasteiger charge is -2.12. The Balaban J connectivity index is 2.47. The molecule has 0 N–H and O–H groups in total. The monoisotopic (exact) mass is 153 g/mol. The Bertz CT molecular complexity index is 173. The number of carbonyl (C=O) groups excluding carboxylic acids is 2. The SMILES string of the molecule is BC(=O)N1CCC(C(C)=O)C1. The number of nitrogens with zero attached hydrogens (tertiary/aromatic N) is 1. The maximum Gasteiger partial charge on any atom is 0.215 e. The van der Waals surface area contributed by atoms with Crippen molar-refractivity contribution in [1.82, 2.24) is 4.90 Å². The summed E-state index contributed by atoms with van der Waals surface area (Å²) >= 11 is 0. The van der Waals surface area contributed by atoms with Gasteiger partial charge in [-0.25, -0.2) is 0 Å². The Morgan fingerprint density at radius 1 is 1.55 bits per heavy atom. The van der Waals surface area contributed by atoms with E-state index >= 15 is 0 Å². The molecule has 1 heterocycles. The summed E-state index contributed by atoms with van der Waals surface area (Å²) < 4.78 is 0. The first-order valence-corrected chi connectivity index (χ1v) is 3.87. The average molecular weight is 153 g/mol. The van der Waals surface area contributed by atoms with E-state index in [0.29, 0.717) is 6.54 Å². The van der Waals surface area contributed by atoms with Crippen LogP contribution >= 0.6 is 0 Å².